The van der Waals surface area contributed by atoms with Crippen LogP contribution in [0.1, 0.15) is 50.6 Å². The molecular weight excluding hydrogens is 437 g/mol. The van der Waals surface area contributed by atoms with Gasteiger partial charge in [0.1, 0.15) is 6.10 Å². The van der Waals surface area contributed by atoms with Gasteiger partial charge in [0.15, 0.2) is 0 Å². The van der Waals surface area contributed by atoms with E-state index in [1.54, 1.807) is 0 Å². The normalized spacial score (nSPS) is 43.0. The number of rotatable bonds is 2. The summed E-state index contributed by atoms with van der Waals surface area (Å²) < 4.78 is 6.60. The summed E-state index contributed by atoms with van der Waals surface area (Å²) in [7, 11) is 0. The molecule has 0 N–H and O–H groups in total. The molecule has 1 saturated heterocycles. The predicted molar refractivity (Wildman–Crippen MR) is 107 cm³/mol. The number of hydrogen-bond donors (Lipinski definition) is 0. The number of carbonyl (C=O) groups is 1. The number of hydrogen-bond acceptors (Lipinski definition) is 3. The fourth-order valence-corrected chi connectivity index (χ4v) is 6.75. The summed E-state index contributed by atoms with van der Waals surface area (Å²) in [5.41, 5.74) is 1.06. The van der Waals surface area contributed by atoms with Crippen molar-refractivity contribution in [1.29, 1.82) is 0 Å². The van der Waals surface area contributed by atoms with Gasteiger partial charge in [0.25, 0.3) is 0 Å². The Hall–Kier alpha value is -0.320. The van der Waals surface area contributed by atoms with Crippen LogP contribution < -0.4 is 0 Å². The van der Waals surface area contributed by atoms with E-state index in [1.807, 2.05) is 19.2 Å². The van der Waals surface area contributed by atoms with Crippen LogP contribution in [-0.4, -0.2) is 27.8 Å². The Morgan fingerprint density at radius 1 is 1.15 bits per heavy atom. The van der Waals surface area contributed by atoms with Crippen molar-refractivity contribution < 1.29 is 9.53 Å². The molecule has 1 aromatic heterocycles. The van der Waals surface area contributed by atoms with E-state index in [0.29, 0.717) is 11.8 Å². The van der Waals surface area contributed by atoms with Gasteiger partial charge < -0.3 is 4.74 Å². The molecule has 142 valence electrons. The third-order valence-electron chi connectivity index (χ3n) is 6.70. The summed E-state index contributed by atoms with van der Waals surface area (Å²) in [6.45, 7) is 2.03. The van der Waals surface area contributed by atoms with E-state index < -0.39 is 0 Å². The molecule has 2 aliphatic carbocycles. The fourth-order valence-electron chi connectivity index (χ4n) is 5.58. The molecule has 2 unspecified atom stereocenters. The Labute approximate surface area is 173 Å². The molecule has 0 amide bonds. The van der Waals surface area contributed by atoms with Gasteiger partial charge in [0.2, 0.25) is 0 Å². The smallest absolute Gasteiger partial charge is 0.309 e. The molecule has 1 aromatic rings. The first-order chi connectivity index (χ1) is 12.5. The number of halogens is 3. The molecular formula is C20H24BrCl2NO2. The first-order valence-corrected chi connectivity index (χ1v) is 11.2. The zero-order valence-electron chi connectivity index (χ0n) is 14.8. The minimum Gasteiger partial charge on any atom is -0.462 e. The molecule has 0 radical (unpaired) electrons. The first kappa shape index (κ1) is 19.0. The van der Waals surface area contributed by atoms with E-state index >= 15 is 0 Å². The summed E-state index contributed by atoms with van der Waals surface area (Å²) in [5, 5.41) is 0.281. The standard InChI is InChI=1S/C20H24BrCl2NO2/c1-10-18-15(20(25)26-10)6-5-14(13-4-3-12(22)8-16(13)23)19(18)17-7-2-11(21)9-24-17/h2,7,9-10,12-16,18-19H,3-6,8H2,1H3/t10-,12?,13?,14+,15-,16+,18-,19-/m1/s1. The number of alkyl halides is 2. The highest BCUT2D eigenvalue weighted by molar-refractivity contribution is 9.10. The number of nitrogens with zero attached hydrogens (tertiary/aromatic N) is 1. The fraction of sp³-hybridized carbons (Fsp3) is 0.700. The quantitative estimate of drug-likeness (QED) is 0.430. The van der Waals surface area contributed by atoms with Gasteiger partial charge in [-0.1, -0.05) is 0 Å². The number of esters is 1. The summed E-state index contributed by atoms with van der Waals surface area (Å²) >= 11 is 16.6. The minimum absolute atomic E-state index is 0.00478. The third kappa shape index (κ3) is 3.42. The minimum atomic E-state index is -0.0658. The van der Waals surface area contributed by atoms with Crippen LogP contribution >= 0.6 is 39.1 Å². The van der Waals surface area contributed by atoms with E-state index in [0.717, 1.165) is 42.3 Å². The monoisotopic (exact) mass is 459 g/mol. The van der Waals surface area contributed by atoms with Crippen LogP contribution in [0.5, 0.6) is 0 Å². The molecule has 3 aliphatic rings. The number of ether oxygens (including phenoxy) is 1. The second-order valence-electron chi connectivity index (χ2n) is 8.08. The lowest BCUT2D eigenvalue weighted by Crippen LogP contribution is -2.43. The molecule has 3 fully saturated rings. The molecule has 0 spiro atoms. The highest BCUT2D eigenvalue weighted by Gasteiger charge is 2.54. The predicted octanol–water partition coefficient (Wildman–Crippen LogP) is 5.53. The molecule has 6 heteroatoms. The van der Waals surface area contributed by atoms with Crippen molar-refractivity contribution in [3.8, 4) is 0 Å². The van der Waals surface area contributed by atoms with Crippen molar-refractivity contribution in [2.45, 2.75) is 61.8 Å². The summed E-state index contributed by atoms with van der Waals surface area (Å²) in [4.78, 5) is 17.1. The average Bonchev–Trinajstić information content (AvgIpc) is 2.90. The molecule has 1 aliphatic heterocycles. The van der Waals surface area contributed by atoms with Crippen LogP contribution in [0.3, 0.4) is 0 Å². The van der Waals surface area contributed by atoms with Gasteiger partial charge in [0.05, 0.1) is 5.92 Å². The molecule has 26 heavy (non-hydrogen) atoms. The van der Waals surface area contributed by atoms with Crippen molar-refractivity contribution in [1.82, 2.24) is 4.98 Å². The summed E-state index contributed by atoms with van der Waals surface area (Å²) in [6.07, 6.45) is 6.63. The first-order valence-electron chi connectivity index (χ1n) is 9.55. The summed E-state index contributed by atoms with van der Waals surface area (Å²) in [6, 6.07) is 4.13. The van der Waals surface area contributed by atoms with E-state index in [-0.39, 0.29) is 40.6 Å². The van der Waals surface area contributed by atoms with E-state index in [4.69, 9.17) is 32.9 Å². The molecule has 3 nitrogen and oxygen atoms in total. The van der Waals surface area contributed by atoms with E-state index in [1.165, 1.54) is 0 Å². The molecule has 0 bridgehead atoms. The number of carbonyl (C=O) groups excluding carboxylic acids is 1. The Bertz CT molecular complexity index is 670. The zero-order valence-corrected chi connectivity index (χ0v) is 17.9. The Kier molecular flexibility index (Phi) is 5.56. The highest BCUT2D eigenvalue weighted by Crippen LogP contribution is 2.55. The molecule has 8 atom stereocenters. The van der Waals surface area contributed by atoms with Gasteiger partial charge in [-0.15, -0.1) is 23.2 Å². The molecule has 2 saturated carbocycles. The number of cyclic esters (lactones) is 1. The van der Waals surface area contributed by atoms with Crippen LogP contribution in [0.25, 0.3) is 0 Å². The molecule has 4 rings (SSSR count). The maximum absolute atomic E-state index is 12.3. The third-order valence-corrected chi connectivity index (χ3v) is 8.07. The highest BCUT2D eigenvalue weighted by atomic mass is 79.9. The molecule has 2 heterocycles. The Morgan fingerprint density at radius 3 is 2.62 bits per heavy atom. The van der Waals surface area contributed by atoms with Crippen LogP contribution in [-0.2, 0) is 9.53 Å². The van der Waals surface area contributed by atoms with Crippen LogP contribution in [0.15, 0.2) is 22.8 Å². The second kappa shape index (κ2) is 7.60. The average molecular weight is 461 g/mol. The van der Waals surface area contributed by atoms with Gasteiger partial charge in [-0.3, -0.25) is 9.78 Å². The topological polar surface area (TPSA) is 39.2 Å². The van der Waals surface area contributed by atoms with Crippen molar-refractivity contribution in [2.75, 3.05) is 0 Å². The van der Waals surface area contributed by atoms with Crippen LogP contribution in [0, 0.1) is 23.7 Å². The summed E-state index contributed by atoms with van der Waals surface area (Å²) in [5.74, 6) is 1.21. The van der Waals surface area contributed by atoms with Gasteiger partial charge in [-0.05, 0) is 78.9 Å². The Balaban J connectivity index is 1.70. The van der Waals surface area contributed by atoms with Gasteiger partial charge in [-0.2, -0.15) is 0 Å². The van der Waals surface area contributed by atoms with Gasteiger partial charge >= 0.3 is 5.97 Å². The SMILES string of the molecule is C[C@H]1OC(=O)[C@@H]2CC[C@@H](C3CCC(Cl)C[C@@H]3Cl)[C@H](c3ccc(Br)cn3)[C@H]12. The largest absolute Gasteiger partial charge is 0.462 e. The van der Waals surface area contributed by atoms with E-state index in [9.17, 15) is 4.79 Å². The van der Waals surface area contributed by atoms with Crippen LogP contribution in [0.4, 0.5) is 0 Å². The van der Waals surface area contributed by atoms with Gasteiger partial charge in [-0.25, -0.2) is 0 Å². The maximum atomic E-state index is 12.3. The van der Waals surface area contributed by atoms with Crippen molar-refractivity contribution in [3.63, 3.8) is 0 Å². The number of aromatic nitrogens is 1. The number of pyridine rings is 1. The second-order valence-corrected chi connectivity index (χ2v) is 10.2. The lowest BCUT2D eigenvalue weighted by Gasteiger charge is -2.46. The molecule has 0 aromatic carbocycles. The number of fused-ring (bicyclic) bond motifs is 1. The van der Waals surface area contributed by atoms with Crippen molar-refractivity contribution >= 4 is 45.1 Å². The van der Waals surface area contributed by atoms with Crippen LogP contribution in [0.2, 0.25) is 0 Å². The lowest BCUT2D eigenvalue weighted by molar-refractivity contribution is -0.144. The van der Waals surface area contributed by atoms with E-state index in [2.05, 4.69) is 22.0 Å². The van der Waals surface area contributed by atoms with Crippen molar-refractivity contribution in [3.05, 3.63) is 28.5 Å². The van der Waals surface area contributed by atoms with Crippen molar-refractivity contribution in [2.24, 2.45) is 23.7 Å². The lowest BCUT2D eigenvalue weighted by atomic mass is 9.59. The maximum Gasteiger partial charge on any atom is 0.309 e. The Morgan fingerprint density at radius 2 is 1.92 bits per heavy atom. The van der Waals surface area contributed by atoms with Gasteiger partial charge in [0, 0.05) is 39.0 Å². The zero-order chi connectivity index (χ0) is 18.4.